The standard InChI is InChI=1S/C26H37N9O6S/c1-13-21-20(14(2)29-19(37)11-34-12-28-30-31-34)25(39)35(21)22(26(40)41)23(13)42-17-7-18(27-8-17)24(38)32-5-3-15(4-6-32)33-9-16(36)10-33/h12-18,20-21,27,36H,3-11H2,1-2H3,(H,29,37)(H,40,41)/t13-,14?,17+,18+,20-,21-/m1/s1. The molecule has 6 atom stereocenters. The Bertz CT molecular complexity index is 1260. The summed E-state index contributed by atoms with van der Waals surface area (Å²) >= 11 is 1.45. The number of hydrogen-bond acceptors (Lipinski definition) is 11. The Hall–Kier alpha value is -3.08. The SMILES string of the molecule is CC(NC(=O)Cn1cnnn1)[C@H]1C(=O)N2C(C(=O)O)=C(S[C@@H]3CN[C@H](C(=O)N4CCC(N5CC(O)C5)CC4)C3)[C@H](C)[C@H]12. The van der Waals surface area contributed by atoms with Crippen LogP contribution in [0.3, 0.4) is 0 Å². The fourth-order valence-electron chi connectivity index (χ4n) is 7.10. The number of carbonyl (C=O) groups is 4. The third kappa shape index (κ3) is 5.29. The lowest BCUT2D eigenvalue weighted by molar-refractivity contribution is -0.158. The molecule has 4 saturated heterocycles. The van der Waals surface area contributed by atoms with E-state index >= 15 is 0 Å². The monoisotopic (exact) mass is 603 g/mol. The summed E-state index contributed by atoms with van der Waals surface area (Å²) in [7, 11) is 0. The summed E-state index contributed by atoms with van der Waals surface area (Å²) in [6.45, 7) is 6.99. The number of aliphatic carboxylic acids is 1. The second-order valence-corrected chi connectivity index (χ2v) is 13.3. The van der Waals surface area contributed by atoms with Gasteiger partial charge in [-0.3, -0.25) is 19.3 Å². The first-order valence-electron chi connectivity index (χ1n) is 14.5. The van der Waals surface area contributed by atoms with Gasteiger partial charge in [-0.15, -0.1) is 16.9 Å². The van der Waals surface area contributed by atoms with Gasteiger partial charge in [0.25, 0.3) is 0 Å². The van der Waals surface area contributed by atoms with Gasteiger partial charge in [-0.25, -0.2) is 9.48 Å². The van der Waals surface area contributed by atoms with Crippen molar-refractivity contribution in [1.82, 2.24) is 45.5 Å². The molecule has 16 heteroatoms. The number of β-amino-alcohol motifs (C(OH)–C–C–N with tert-alkyl or cyclic N) is 1. The van der Waals surface area contributed by atoms with Crippen LogP contribution >= 0.6 is 11.8 Å². The van der Waals surface area contributed by atoms with Crippen molar-refractivity contribution < 1.29 is 29.4 Å². The van der Waals surface area contributed by atoms with Gasteiger partial charge in [0, 0.05) is 60.9 Å². The minimum Gasteiger partial charge on any atom is -0.477 e. The zero-order valence-electron chi connectivity index (χ0n) is 23.6. The van der Waals surface area contributed by atoms with Crippen LogP contribution in [0.25, 0.3) is 0 Å². The number of tetrazole rings is 1. The van der Waals surface area contributed by atoms with Crippen molar-refractivity contribution in [2.24, 2.45) is 11.8 Å². The number of aliphatic hydroxyl groups is 1. The van der Waals surface area contributed by atoms with Crippen molar-refractivity contribution in [3.8, 4) is 0 Å². The number of aliphatic hydroxyl groups excluding tert-OH is 1. The molecule has 4 N–H and O–H groups in total. The van der Waals surface area contributed by atoms with E-state index < -0.39 is 17.9 Å². The largest absolute Gasteiger partial charge is 0.477 e. The van der Waals surface area contributed by atoms with Crippen molar-refractivity contribution in [2.45, 2.75) is 75.2 Å². The number of carboxylic acid groups (broad SMARTS) is 1. The van der Waals surface area contributed by atoms with Gasteiger partial charge in [0.1, 0.15) is 18.6 Å². The number of β-lactam (4-membered cyclic amide) rings is 1. The molecule has 0 radical (unpaired) electrons. The van der Waals surface area contributed by atoms with Crippen LogP contribution in [0, 0.1) is 11.8 Å². The van der Waals surface area contributed by atoms with E-state index in [-0.39, 0.29) is 59.3 Å². The Morgan fingerprint density at radius 3 is 2.62 bits per heavy atom. The number of nitrogens with zero attached hydrogens (tertiary/aromatic N) is 7. The summed E-state index contributed by atoms with van der Waals surface area (Å²) in [5, 5.41) is 36.5. The Kier molecular flexibility index (Phi) is 7.97. The number of amides is 3. The molecular formula is C26H37N9O6S. The normalized spacial score (nSPS) is 31.1. The quantitative estimate of drug-likeness (QED) is 0.230. The predicted molar refractivity (Wildman–Crippen MR) is 148 cm³/mol. The average Bonchev–Trinajstić information content (AvgIpc) is 3.67. The number of hydrogen-bond donors (Lipinski definition) is 4. The topological polar surface area (TPSA) is 186 Å². The van der Waals surface area contributed by atoms with Crippen LogP contribution in [-0.2, 0) is 25.7 Å². The van der Waals surface area contributed by atoms with Crippen LogP contribution in [0.1, 0.15) is 33.1 Å². The van der Waals surface area contributed by atoms with Crippen molar-refractivity contribution in [2.75, 3.05) is 32.7 Å². The second-order valence-electron chi connectivity index (χ2n) is 12.0. The number of piperidine rings is 1. The third-order valence-corrected chi connectivity index (χ3v) is 10.8. The van der Waals surface area contributed by atoms with Crippen LogP contribution < -0.4 is 10.6 Å². The predicted octanol–water partition coefficient (Wildman–Crippen LogP) is -1.92. The summed E-state index contributed by atoms with van der Waals surface area (Å²) in [6.07, 6.45) is 3.48. The lowest BCUT2D eigenvalue weighted by atomic mass is 9.78. The van der Waals surface area contributed by atoms with Gasteiger partial charge < -0.3 is 30.6 Å². The number of aromatic nitrogens is 4. The molecule has 42 heavy (non-hydrogen) atoms. The molecule has 0 bridgehead atoms. The van der Waals surface area contributed by atoms with Crippen LogP contribution in [0.5, 0.6) is 0 Å². The molecule has 5 aliphatic heterocycles. The molecule has 6 heterocycles. The van der Waals surface area contributed by atoms with Gasteiger partial charge in [-0.2, -0.15) is 0 Å². The van der Waals surface area contributed by atoms with Crippen molar-refractivity contribution in [1.29, 1.82) is 0 Å². The number of rotatable bonds is 9. The van der Waals surface area contributed by atoms with E-state index in [0.717, 1.165) is 12.8 Å². The Balaban J connectivity index is 1.04. The van der Waals surface area contributed by atoms with Crippen molar-refractivity contribution in [3.05, 3.63) is 16.9 Å². The van der Waals surface area contributed by atoms with Gasteiger partial charge in [0.15, 0.2) is 0 Å². The fraction of sp³-hybridized carbons (Fsp3) is 0.731. The van der Waals surface area contributed by atoms with Gasteiger partial charge in [0.2, 0.25) is 17.7 Å². The van der Waals surface area contributed by atoms with Gasteiger partial charge in [0.05, 0.1) is 24.1 Å². The van der Waals surface area contributed by atoms with E-state index in [1.54, 1.807) is 6.92 Å². The zero-order chi connectivity index (χ0) is 29.7. The first-order valence-corrected chi connectivity index (χ1v) is 15.4. The molecule has 0 spiro atoms. The fourth-order valence-corrected chi connectivity index (χ4v) is 8.58. The number of fused-ring (bicyclic) bond motifs is 1. The van der Waals surface area contributed by atoms with Gasteiger partial charge in [-0.05, 0) is 36.6 Å². The van der Waals surface area contributed by atoms with Crippen molar-refractivity contribution in [3.63, 3.8) is 0 Å². The van der Waals surface area contributed by atoms with Gasteiger partial charge >= 0.3 is 5.97 Å². The number of carbonyl (C=O) groups excluding carboxylic acids is 3. The molecule has 5 aliphatic rings. The summed E-state index contributed by atoms with van der Waals surface area (Å²) in [5.41, 5.74) is 0.0129. The molecule has 4 fully saturated rings. The zero-order valence-corrected chi connectivity index (χ0v) is 24.4. The van der Waals surface area contributed by atoms with E-state index in [1.807, 2.05) is 11.8 Å². The Morgan fingerprint density at radius 2 is 1.98 bits per heavy atom. The molecule has 3 amide bonds. The number of carboxylic acids is 1. The maximum atomic E-state index is 13.3. The van der Waals surface area contributed by atoms with Crippen LogP contribution in [0.4, 0.5) is 0 Å². The Morgan fingerprint density at radius 1 is 1.24 bits per heavy atom. The smallest absolute Gasteiger partial charge is 0.353 e. The highest BCUT2D eigenvalue weighted by atomic mass is 32.2. The second kappa shape index (κ2) is 11.5. The Labute approximate surface area is 247 Å². The van der Waals surface area contributed by atoms with Crippen molar-refractivity contribution >= 4 is 35.5 Å². The molecule has 0 aliphatic carbocycles. The van der Waals surface area contributed by atoms with E-state index in [2.05, 4.69) is 31.1 Å². The molecule has 1 aromatic rings. The summed E-state index contributed by atoms with van der Waals surface area (Å²) in [4.78, 5) is 57.5. The molecular weight excluding hydrogens is 566 g/mol. The maximum Gasteiger partial charge on any atom is 0.353 e. The molecule has 1 aromatic heterocycles. The summed E-state index contributed by atoms with van der Waals surface area (Å²) in [5.74, 6) is -2.50. The molecule has 0 saturated carbocycles. The minimum atomic E-state index is -1.15. The first-order chi connectivity index (χ1) is 20.1. The van der Waals surface area contributed by atoms with E-state index in [0.29, 0.717) is 50.1 Å². The van der Waals surface area contributed by atoms with Crippen LogP contribution in [0.15, 0.2) is 16.9 Å². The highest BCUT2D eigenvalue weighted by Gasteiger charge is 2.60. The van der Waals surface area contributed by atoms with E-state index in [1.165, 1.54) is 27.7 Å². The maximum absolute atomic E-state index is 13.3. The van der Waals surface area contributed by atoms with E-state index in [4.69, 9.17) is 0 Å². The average molecular weight is 604 g/mol. The summed E-state index contributed by atoms with van der Waals surface area (Å²) in [6, 6.07) is -0.774. The molecule has 0 aromatic carbocycles. The number of likely N-dealkylation sites (tertiary alicyclic amines) is 2. The molecule has 6 rings (SSSR count). The van der Waals surface area contributed by atoms with E-state index in [9.17, 15) is 29.4 Å². The minimum absolute atomic E-state index is 0.00784. The van der Waals surface area contributed by atoms with Crippen LogP contribution in [0.2, 0.25) is 0 Å². The summed E-state index contributed by atoms with van der Waals surface area (Å²) < 4.78 is 1.28. The van der Waals surface area contributed by atoms with Crippen LogP contribution in [-0.4, -0.2) is 137 Å². The van der Waals surface area contributed by atoms with Gasteiger partial charge in [-0.1, -0.05) is 6.92 Å². The lowest BCUT2D eigenvalue weighted by Gasteiger charge is -2.47. The number of nitrogens with one attached hydrogen (secondary N) is 2. The molecule has 15 nitrogen and oxygen atoms in total. The molecule has 228 valence electrons. The highest BCUT2D eigenvalue weighted by Crippen LogP contribution is 2.51. The highest BCUT2D eigenvalue weighted by molar-refractivity contribution is 8.03. The third-order valence-electron chi connectivity index (χ3n) is 9.28. The molecule has 1 unspecified atom stereocenters. The lowest BCUT2D eigenvalue weighted by Crippen LogP contribution is -2.66. The first kappa shape index (κ1) is 29.0. The number of thioether (sulfide) groups is 1.